The van der Waals surface area contributed by atoms with Crippen molar-refractivity contribution in [2.75, 3.05) is 26.4 Å². The lowest BCUT2D eigenvalue weighted by Gasteiger charge is -2.06. The molecule has 0 aliphatic heterocycles. The highest BCUT2D eigenvalue weighted by atomic mass is 35.5. The van der Waals surface area contributed by atoms with E-state index >= 15 is 0 Å². The topological polar surface area (TPSA) is 35.5 Å². The summed E-state index contributed by atoms with van der Waals surface area (Å²) in [5.41, 5.74) is 0.390. The fourth-order valence-corrected chi connectivity index (χ4v) is 1.82. The fraction of sp³-hybridized carbons (Fsp3) is 0.500. The summed E-state index contributed by atoms with van der Waals surface area (Å²) in [5, 5.41) is 0.868. The van der Waals surface area contributed by atoms with Crippen LogP contribution in [0.15, 0.2) is 18.2 Å². The number of carbonyl (C=O) groups is 1. The van der Waals surface area contributed by atoms with Crippen LogP contribution >= 0.6 is 23.2 Å². The summed E-state index contributed by atoms with van der Waals surface area (Å²) in [6.45, 7) is 3.71. The van der Waals surface area contributed by atoms with Crippen molar-refractivity contribution in [3.05, 3.63) is 33.8 Å². The van der Waals surface area contributed by atoms with Crippen molar-refractivity contribution >= 4 is 29.0 Å². The maximum Gasteiger partial charge on any atom is 0.190 e. The largest absolute Gasteiger partial charge is 0.379 e. The molecule has 106 valence electrons. The zero-order chi connectivity index (χ0) is 14.1. The Labute approximate surface area is 123 Å². The van der Waals surface area contributed by atoms with E-state index in [-0.39, 0.29) is 12.4 Å². The van der Waals surface area contributed by atoms with E-state index in [0.29, 0.717) is 28.8 Å². The highest BCUT2D eigenvalue weighted by Gasteiger charge is 2.11. The Morgan fingerprint density at radius 1 is 1.16 bits per heavy atom. The van der Waals surface area contributed by atoms with E-state index in [1.165, 1.54) is 0 Å². The van der Waals surface area contributed by atoms with Gasteiger partial charge in [-0.25, -0.2) is 0 Å². The maximum absolute atomic E-state index is 11.8. The van der Waals surface area contributed by atoms with Gasteiger partial charge in [-0.3, -0.25) is 4.79 Å². The molecule has 0 aliphatic rings. The van der Waals surface area contributed by atoms with E-state index in [1.54, 1.807) is 18.2 Å². The summed E-state index contributed by atoms with van der Waals surface area (Å²) in [6, 6.07) is 4.79. The Morgan fingerprint density at radius 3 is 2.63 bits per heavy atom. The van der Waals surface area contributed by atoms with Gasteiger partial charge in [-0.15, -0.1) is 0 Å². The molecule has 1 rings (SSSR count). The Balaban J connectivity index is 2.26. The molecule has 0 aliphatic carbocycles. The average molecular weight is 305 g/mol. The van der Waals surface area contributed by atoms with Gasteiger partial charge in [0.15, 0.2) is 5.78 Å². The third kappa shape index (κ3) is 6.39. The van der Waals surface area contributed by atoms with Crippen molar-refractivity contribution in [2.45, 2.75) is 19.8 Å². The predicted octanol–water partition coefficient (Wildman–Crippen LogP) is 4.01. The van der Waals surface area contributed by atoms with Crippen molar-refractivity contribution in [2.24, 2.45) is 0 Å². The van der Waals surface area contributed by atoms with E-state index < -0.39 is 0 Å². The minimum Gasteiger partial charge on any atom is -0.379 e. The van der Waals surface area contributed by atoms with Crippen LogP contribution < -0.4 is 0 Å². The first-order valence-corrected chi connectivity index (χ1v) is 7.04. The number of hydrogen-bond donors (Lipinski definition) is 0. The van der Waals surface area contributed by atoms with Crippen LogP contribution in [0.2, 0.25) is 10.0 Å². The van der Waals surface area contributed by atoms with Crippen molar-refractivity contribution in [3.8, 4) is 0 Å². The molecule has 0 saturated carbocycles. The van der Waals surface area contributed by atoms with Crippen LogP contribution in [0.1, 0.15) is 30.1 Å². The molecular weight excluding hydrogens is 287 g/mol. The number of halogens is 2. The standard InChI is InChI=1S/C14H18Cl2O3/c1-2-3-6-18-7-8-19-10-14(17)12-9-11(15)4-5-13(12)16/h4-5,9H,2-3,6-8,10H2,1H3. The summed E-state index contributed by atoms with van der Waals surface area (Å²) < 4.78 is 10.6. The minimum absolute atomic E-state index is 0.0167. The van der Waals surface area contributed by atoms with Gasteiger partial charge in [0.1, 0.15) is 6.61 Å². The Kier molecular flexibility index (Phi) is 8.07. The molecule has 1 aromatic carbocycles. The van der Waals surface area contributed by atoms with E-state index in [2.05, 4.69) is 6.92 Å². The second-order valence-electron chi connectivity index (χ2n) is 4.07. The van der Waals surface area contributed by atoms with Gasteiger partial charge in [0.25, 0.3) is 0 Å². The number of ether oxygens (including phenoxy) is 2. The second-order valence-corrected chi connectivity index (χ2v) is 4.91. The molecule has 3 nitrogen and oxygen atoms in total. The number of rotatable bonds is 9. The third-order valence-electron chi connectivity index (χ3n) is 2.48. The molecule has 0 atom stereocenters. The van der Waals surface area contributed by atoms with Crippen LogP contribution in [0.5, 0.6) is 0 Å². The molecule has 0 unspecified atom stereocenters. The van der Waals surface area contributed by atoms with Gasteiger partial charge in [0.2, 0.25) is 0 Å². The first-order valence-electron chi connectivity index (χ1n) is 6.29. The summed E-state index contributed by atoms with van der Waals surface area (Å²) in [7, 11) is 0. The number of carbonyl (C=O) groups excluding carboxylic acids is 1. The van der Waals surface area contributed by atoms with Crippen molar-refractivity contribution < 1.29 is 14.3 Å². The first-order chi connectivity index (χ1) is 9.15. The lowest BCUT2D eigenvalue weighted by molar-refractivity contribution is 0.0432. The normalized spacial score (nSPS) is 10.7. The van der Waals surface area contributed by atoms with Crippen LogP contribution in [-0.2, 0) is 9.47 Å². The number of ketones is 1. The van der Waals surface area contributed by atoms with Crippen LogP contribution in [0.4, 0.5) is 0 Å². The van der Waals surface area contributed by atoms with Gasteiger partial charge >= 0.3 is 0 Å². The van der Waals surface area contributed by atoms with Gasteiger partial charge in [-0.1, -0.05) is 36.5 Å². The zero-order valence-corrected chi connectivity index (χ0v) is 12.5. The molecular formula is C14H18Cl2O3. The number of Topliss-reactive ketones (excluding diaryl/α,β-unsaturated/α-hetero) is 1. The summed E-state index contributed by atoms with van der Waals surface area (Å²) in [6.07, 6.45) is 2.14. The van der Waals surface area contributed by atoms with Crippen molar-refractivity contribution in [1.29, 1.82) is 0 Å². The molecule has 0 bridgehead atoms. The monoisotopic (exact) mass is 304 g/mol. The zero-order valence-electron chi connectivity index (χ0n) is 11.0. The summed E-state index contributed by atoms with van der Waals surface area (Å²) in [5.74, 6) is -0.180. The molecule has 0 aromatic heterocycles. The Morgan fingerprint density at radius 2 is 1.89 bits per heavy atom. The van der Waals surface area contributed by atoms with Gasteiger partial charge in [-0.2, -0.15) is 0 Å². The first kappa shape index (κ1) is 16.4. The quantitative estimate of drug-likeness (QED) is 0.511. The second kappa shape index (κ2) is 9.32. The van der Waals surface area contributed by atoms with Gasteiger partial charge in [0.05, 0.1) is 18.2 Å². The van der Waals surface area contributed by atoms with Crippen LogP contribution in [0.3, 0.4) is 0 Å². The average Bonchev–Trinajstić information content (AvgIpc) is 2.40. The molecule has 1 aromatic rings. The Hall–Kier alpha value is -0.610. The highest BCUT2D eigenvalue weighted by Crippen LogP contribution is 2.21. The van der Waals surface area contributed by atoms with Crippen molar-refractivity contribution in [3.63, 3.8) is 0 Å². The highest BCUT2D eigenvalue weighted by molar-refractivity contribution is 6.35. The summed E-state index contributed by atoms with van der Waals surface area (Å²) in [4.78, 5) is 11.8. The van der Waals surface area contributed by atoms with Gasteiger partial charge < -0.3 is 9.47 Å². The van der Waals surface area contributed by atoms with Gasteiger partial charge in [-0.05, 0) is 24.6 Å². The molecule has 0 heterocycles. The third-order valence-corrected chi connectivity index (χ3v) is 3.04. The van der Waals surface area contributed by atoms with Crippen LogP contribution in [-0.4, -0.2) is 32.2 Å². The van der Waals surface area contributed by atoms with Crippen LogP contribution in [0.25, 0.3) is 0 Å². The lowest BCUT2D eigenvalue weighted by atomic mass is 10.1. The number of unbranched alkanes of at least 4 members (excludes halogenated alkanes) is 1. The molecule has 0 N–H and O–H groups in total. The lowest BCUT2D eigenvalue weighted by Crippen LogP contribution is -2.13. The fourth-order valence-electron chi connectivity index (χ4n) is 1.42. The number of hydrogen-bond acceptors (Lipinski definition) is 3. The molecule has 0 saturated heterocycles. The molecule has 0 radical (unpaired) electrons. The minimum atomic E-state index is -0.180. The van der Waals surface area contributed by atoms with E-state index in [9.17, 15) is 4.79 Å². The van der Waals surface area contributed by atoms with E-state index in [4.69, 9.17) is 32.7 Å². The van der Waals surface area contributed by atoms with E-state index in [1.807, 2.05) is 0 Å². The molecule has 0 spiro atoms. The molecule has 0 amide bonds. The molecule has 19 heavy (non-hydrogen) atoms. The Bertz CT molecular complexity index is 408. The molecule has 5 heteroatoms. The maximum atomic E-state index is 11.8. The smallest absolute Gasteiger partial charge is 0.190 e. The van der Waals surface area contributed by atoms with Crippen LogP contribution in [0, 0.1) is 0 Å². The SMILES string of the molecule is CCCCOCCOCC(=O)c1cc(Cl)ccc1Cl. The predicted molar refractivity (Wildman–Crippen MR) is 77.3 cm³/mol. The van der Waals surface area contributed by atoms with E-state index in [0.717, 1.165) is 19.4 Å². The summed E-state index contributed by atoms with van der Waals surface area (Å²) >= 11 is 11.8. The van der Waals surface area contributed by atoms with Gasteiger partial charge in [0, 0.05) is 17.2 Å². The molecule has 0 fully saturated rings. The van der Waals surface area contributed by atoms with Crippen molar-refractivity contribution in [1.82, 2.24) is 0 Å². The number of benzene rings is 1.